The van der Waals surface area contributed by atoms with Crippen molar-refractivity contribution in [3.05, 3.63) is 35.9 Å². The number of alkyl carbamates (subject to hydrolysis) is 1. The molecule has 1 aliphatic rings. The van der Waals surface area contributed by atoms with Crippen LogP contribution in [0.2, 0.25) is 0 Å². The number of hydrogen-bond donors (Lipinski definition) is 3. The van der Waals surface area contributed by atoms with Gasteiger partial charge in [-0.15, -0.1) is 0 Å². The van der Waals surface area contributed by atoms with Gasteiger partial charge in [0.25, 0.3) is 0 Å². The Hall–Kier alpha value is -3.10. The zero-order valence-electron chi connectivity index (χ0n) is 21.3. The topological polar surface area (TPSA) is 131 Å². The smallest absolute Gasteiger partial charge is 0.408 e. The number of likely N-dealkylation sites (N-methyl/N-ethyl adjacent to an activating group) is 1. The lowest BCUT2D eigenvalue weighted by Crippen LogP contribution is -2.54. The summed E-state index contributed by atoms with van der Waals surface area (Å²) in [4.78, 5) is 52.6. The lowest BCUT2D eigenvalue weighted by Gasteiger charge is -2.35. The van der Waals surface area contributed by atoms with E-state index in [1.165, 1.54) is 4.90 Å². The quantitative estimate of drug-likeness (QED) is 0.466. The second-order valence-corrected chi connectivity index (χ2v) is 9.98. The average molecular weight is 489 g/mol. The molecule has 2 atom stereocenters. The second kappa shape index (κ2) is 13.1. The zero-order chi connectivity index (χ0) is 26.0. The molecule has 4 amide bonds. The molecule has 9 heteroatoms. The minimum absolute atomic E-state index is 0.00430. The van der Waals surface area contributed by atoms with E-state index in [9.17, 15) is 19.2 Å². The van der Waals surface area contributed by atoms with Crippen molar-refractivity contribution in [1.29, 1.82) is 0 Å². The van der Waals surface area contributed by atoms with Gasteiger partial charge in [0.1, 0.15) is 17.7 Å². The van der Waals surface area contributed by atoms with Gasteiger partial charge in [0.05, 0.1) is 0 Å². The molecule has 1 fully saturated rings. The van der Waals surface area contributed by atoms with Crippen molar-refractivity contribution in [2.24, 2.45) is 5.73 Å². The number of amides is 4. The third-order valence-corrected chi connectivity index (χ3v) is 5.92. The van der Waals surface area contributed by atoms with Gasteiger partial charge in [0.2, 0.25) is 17.7 Å². The molecule has 1 saturated carbocycles. The van der Waals surface area contributed by atoms with Crippen LogP contribution in [0.25, 0.3) is 0 Å². The third-order valence-electron chi connectivity index (χ3n) is 5.92. The van der Waals surface area contributed by atoms with E-state index in [0.29, 0.717) is 5.56 Å². The maximum Gasteiger partial charge on any atom is 0.408 e. The molecule has 0 spiro atoms. The fourth-order valence-electron chi connectivity index (χ4n) is 4.29. The fourth-order valence-corrected chi connectivity index (χ4v) is 4.29. The summed E-state index contributed by atoms with van der Waals surface area (Å²) in [6.07, 6.45) is 4.22. The number of nitrogens with one attached hydrogen (secondary N) is 2. The number of rotatable bonds is 10. The van der Waals surface area contributed by atoms with Crippen molar-refractivity contribution in [3.8, 4) is 0 Å². The summed E-state index contributed by atoms with van der Waals surface area (Å²) in [6, 6.07) is 7.20. The summed E-state index contributed by atoms with van der Waals surface area (Å²) < 4.78 is 5.32. The lowest BCUT2D eigenvalue weighted by atomic mass is 9.94. The van der Waals surface area contributed by atoms with Crippen molar-refractivity contribution in [2.45, 2.75) is 96.4 Å². The van der Waals surface area contributed by atoms with Gasteiger partial charge in [-0.3, -0.25) is 14.4 Å². The highest BCUT2D eigenvalue weighted by Crippen LogP contribution is 2.25. The molecule has 2 unspecified atom stereocenters. The number of nitrogens with zero attached hydrogens (tertiary/aromatic N) is 1. The van der Waals surface area contributed by atoms with E-state index < -0.39 is 35.6 Å². The Bertz CT molecular complexity index is 862. The van der Waals surface area contributed by atoms with Crippen molar-refractivity contribution < 1.29 is 23.9 Å². The summed E-state index contributed by atoms with van der Waals surface area (Å²) in [5.74, 6) is -1.33. The third kappa shape index (κ3) is 9.22. The van der Waals surface area contributed by atoms with E-state index in [-0.39, 0.29) is 31.3 Å². The molecule has 0 aliphatic heterocycles. The van der Waals surface area contributed by atoms with Crippen molar-refractivity contribution in [2.75, 3.05) is 6.54 Å². The number of hydrogen-bond acceptors (Lipinski definition) is 5. The van der Waals surface area contributed by atoms with Gasteiger partial charge in [0, 0.05) is 19.0 Å². The highest BCUT2D eigenvalue weighted by Gasteiger charge is 2.36. The Morgan fingerprint density at radius 2 is 1.71 bits per heavy atom. The molecule has 194 valence electrons. The SMILES string of the molecule is CCN(C(=O)C(CCC(N)=O)NC(=O)OC(C)(C)C)C(C(=O)NC1CCCCC1)c1ccccc1. The van der Waals surface area contributed by atoms with E-state index in [1.807, 2.05) is 18.2 Å². The van der Waals surface area contributed by atoms with Crippen LogP contribution in [0.4, 0.5) is 4.79 Å². The molecule has 0 aromatic heterocycles. The van der Waals surface area contributed by atoms with E-state index in [4.69, 9.17) is 10.5 Å². The monoisotopic (exact) mass is 488 g/mol. The van der Waals surface area contributed by atoms with Gasteiger partial charge in [-0.2, -0.15) is 0 Å². The van der Waals surface area contributed by atoms with Gasteiger partial charge in [-0.05, 0) is 52.5 Å². The zero-order valence-corrected chi connectivity index (χ0v) is 21.3. The molecule has 0 saturated heterocycles. The average Bonchev–Trinajstić information content (AvgIpc) is 2.79. The first-order valence-corrected chi connectivity index (χ1v) is 12.5. The summed E-state index contributed by atoms with van der Waals surface area (Å²) in [7, 11) is 0. The fraction of sp³-hybridized carbons (Fsp3) is 0.615. The first kappa shape index (κ1) is 28.1. The molecule has 1 aromatic rings. The van der Waals surface area contributed by atoms with E-state index in [0.717, 1.165) is 32.1 Å². The normalized spacial score (nSPS) is 16.0. The summed E-state index contributed by atoms with van der Waals surface area (Å²) in [5, 5.41) is 5.71. The van der Waals surface area contributed by atoms with Crippen LogP contribution < -0.4 is 16.4 Å². The van der Waals surface area contributed by atoms with Crippen LogP contribution in [0.15, 0.2) is 30.3 Å². The molecule has 4 N–H and O–H groups in total. The molecule has 0 radical (unpaired) electrons. The van der Waals surface area contributed by atoms with E-state index in [1.54, 1.807) is 39.8 Å². The van der Waals surface area contributed by atoms with Gasteiger partial charge < -0.3 is 26.0 Å². The first-order valence-electron chi connectivity index (χ1n) is 12.5. The Morgan fingerprint density at radius 3 is 2.26 bits per heavy atom. The van der Waals surface area contributed by atoms with Crippen LogP contribution in [0.1, 0.15) is 84.2 Å². The molecule has 0 bridgehead atoms. The molecule has 0 heterocycles. The number of nitrogens with two attached hydrogens (primary N) is 1. The van der Waals surface area contributed by atoms with Crippen LogP contribution >= 0.6 is 0 Å². The number of carbonyl (C=O) groups is 4. The van der Waals surface area contributed by atoms with Crippen LogP contribution in [-0.4, -0.2) is 52.9 Å². The number of primary amides is 1. The summed E-state index contributed by atoms with van der Waals surface area (Å²) >= 11 is 0. The predicted molar refractivity (Wildman–Crippen MR) is 133 cm³/mol. The largest absolute Gasteiger partial charge is 0.444 e. The van der Waals surface area contributed by atoms with Crippen LogP contribution in [0, 0.1) is 0 Å². The summed E-state index contributed by atoms with van der Waals surface area (Å²) in [5.41, 5.74) is 5.22. The minimum Gasteiger partial charge on any atom is -0.444 e. The molecule has 1 aromatic carbocycles. The van der Waals surface area contributed by atoms with E-state index in [2.05, 4.69) is 10.6 Å². The Labute approximate surface area is 208 Å². The second-order valence-electron chi connectivity index (χ2n) is 9.98. The first-order chi connectivity index (χ1) is 16.5. The van der Waals surface area contributed by atoms with E-state index >= 15 is 0 Å². The molecular formula is C26H40N4O5. The highest BCUT2D eigenvalue weighted by molar-refractivity contribution is 5.92. The molecular weight excluding hydrogens is 448 g/mol. The van der Waals surface area contributed by atoms with Gasteiger partial charge in [-0.1, -0.05) is 49.6 Å². The van der Waals surface area contributed by atoms with Crippen molar-refractivity contribution >= 4 is 23.8 Å². The molecule has 9 nitrogen and oxygen atoms in total. The Morgan fingerprint density at radius 1 is 1.09 bits per heavy atom. The molecule has 1 aliphatic carbocycles. The van der Waals surface area contributed by atoms with Crippen molar-refractivity contribution in [1.82, 2.24) is 15.5 Å². The summed E-state index contributed by atoms with van der Waals surface area (Å²) in [6.45, 7) is 7.14. The standard InChI is InChI=1S/C26H40N4O5/c1-5-30(24(33)20(16-17-21(27)31)29-25(34)35-26(2,3)4)22(18-12-8-6-9-13-18)23(32)28-19-14-10-7-11-15-19/h6,8-9,12-13,19-20,22H,5,7,10-11,14-17H2,1-4H3,(H2,27,31)(H,28,32)(H,29,34). The van der Waals surface area contributed by atoms with Gasteiger partial charge in [0.15, 0.2) is 0 Å². The number of benzene rings is 1. The van der Waals surface area contributed by atoms with Crippen LogP contribution in [0.3, 0.4) is 0 Å². The maximum absolute atomic E-state index is 13.7. The molecule has 35 heavy (non-hydrogen) atoms. The van der Waals surface area contributed by atoms with Crippen molar-refractivity contribution in [3.63, 3.8) is 0 Å². The number of ether oxygens (including phenoxy) is 1. The maximum atomic E-state index is 13.7. The Balaban J connectivity index is 2.32. The molecule has 2 rings (SSSR count). The predicted octanol–water partition coefficient (Wildman–Crippen LogP) is 3.18. The Kier molecular flexibility index (Phi) is 10.5. The van der Waals surface area contributed by atoms with Gasteiger partial charge in [-0.25, -0.2) is 4.79 Å². The number of carbonyl (C=O) groups excluding carboxylic acids is 4. The lowest BCUT2D eigenvalue weighted by molar-refractivity contribution is -0.142. The van der Waals surface area contributed by atoms with Crippen LogP contribution in [-0.2, 0) is 19.1 Å². The highest BCUT2D eigenvalue weighted by atomic mass is 16.6. The minimum atomic E-state index is -1.08. The van der Waals surface area contributed by atoms with Crippen LogP contribution in [0.5, 0.6) is 0 Å². The van der Waals surface area contributed by atoms with Gasteiger partial charge >= 0.3 is 6.09 Å².